The highest BCUT2D eigenvalue weighted by Gasteiger charge is 2.14. The molecule has 0 aliphatic heterocycles. The van der Waals surface area contributed by atoms with Crippen molar-refractivity contribution in [2.24, 2.45) is 0 Å². The fourth-order valence-electron chi connectivity index (χ4n) is 1.74. The second-order valence-corrected chi connectivity index (χ2v) is 8.29. The van der Waals surface area contributed by atoms with Crippen LogP contribution < -0.4 is 5.32 Å². The van der Waals surface area contributed by atoms with Crippen LogP contribution in [-0.4, -0.2) is 20.7 Å². The Bertz CT molecular complexity index is 763. The molecule has 1 heterocycles. The summed E-state index contributed by atoms with van der Waals surface area (Å²) in [6.07, 6.45) is 0. The van der Waals surface area contributed by atoms with E-state index in [-0.39, 0.29) is 10.6 Å². The van der Waals surface area contributed by atoms with E-state index in [0.29, 0.717) is 18.7 Å². The van der Waals surface area contributed by atoms with E-state index in [4.69, 9.17) is 5.26 Å². The number of halogens is 1. The van der Waals surface area contributed by atoms with E-state index >= 15 is 0 Å². The lowest BCUT2D eigenvalue weighted by atomic mass is 10.2. The van der Waals surface area contributed by atoms with E-state index in [1.165, 1.54) is 12.1 Å². The molecule has 2 aromatic rings. The van der Waals surface area contributed by atoms with Crippen molar-refractivity contribution in [1.82, 2.24) is 5.32 Å². The minimum absolute atomic E-state index is 0.00484. The number of nitrogens with one attached hydrogen (secondary N) is 1. The zero-order valence-electron chi connectivity index (χ0n) is 11.0. The molecule has 2 rings (SSSR count). The minimum Gasteiger partial charge on any atom is -0.311 e. The molecule has 0 radical (unpaired) electrons. The van der Waals surface area contributed by atoms with Gasteiger partial charge in [-0.1, -0.05) is 6.07 Å². The number of rotatable bonds is 6. The van der Waals surface area contributed by atoms with Gasteiger partial charge in [-0.2, -0.15) is 5.26 Å². The normalized spacial score (nSPS) is 11.2. The summed E-state index contributed by atoms with van der Waals surface area (Å²) in [5.74, 6) is 0.00484. The van der Waals surface area contributed by atoms with Gasteiger partial charge in [0.2, 0.25) is 0 Å². The zero-order valence-corrected chi connectivity index (χ0v) is 14.3. The molecule has 0 unspecified atom stereocenters. The minimum atomic E-state index is -3.37. The molecular formula is C14H13BrN2O2S2. The maximum atomic E-state index is 12.2. The Kier molecular flexibility index (Phi) is 5.53. The molecule has 21 heavy (non-hydrogen) atoms. The Labute approximate surface area is 136 Å². The second kappa shape index (κ2) is 7.18. The van der Waals surface area contributed by atoms with Crippen molar-refractivity contribution in [3.8, 4) is 6.07 Å². The number of benzene rings is 1. The molecule has 0 spiro atoms. The van der Waals surface area contributed by atoms with Gasteiger partial charge in [0.25, 0.3) is 0 Å². The number of nitrogens with zero attached hydrogens (tertiary/aromatic N) is 1. The van der Waals surface area contributed by atoms with Crippen molar-refractivity contribution in [2.45, 2.75) is 11.4 Å². The Morgan fingerprint density at radius 2 is 2.14 bits per heavy atom. The van der Waals surface area contributed by atoms with Gasteiger partial charge in [-0.05, 0) is 45.6 Å². The Balaban J connectivity index is 1.92. The lowest BCUT2D eigenvalue weighted by molar-refractivity contribution is 0.591. The standard InChI is InChI=1S/C14H13BrN2O2S2/c15-13-4-6-20-14(13)10-17-5-7-21(18,19)12-3-1-2-11(8-12)9-16/h1-4,6,8,17H,5,7,10H2. The van der Waals surface area contributed by atoms with E-state index < -0.39 is 9.84 Å². The fraction of sp³-hybridized carbons (Fsp3) is 0.214. The lowest BCUT2D eigenvalue weighted by Crippen LogP contribution is -2.22. The summed E-state index contributed by atoms with van der Waals surface area (Å²) in [6, 6.07) is 10.0. The summed E-state index contributed by atoms with van der Waals surface area (Å²) in [4.78, 5) is 1.33. The second-order valence-electron chi connectivity index (χ2n) is 4.33. The molecule has 0 saturated carbocycles. The van der Waals surface area contributed by atoms with Gasteiger partial charge in [-0.15, -0.1) is 11.3 Å². The number of hydrogen-bond donors (Lipinski definition) is 1. The van der Waals surface area contributed by atoms with Crippen molar-refractivity contribution in [3.05, 3.63) is 50.6 Å². The van der Waals surface area contributed by atoms with Crippen LogP contribution in [0.15, 0.2) is 45.1 Å². The van der Waals surface area contributed by atoms with Crippen LogP contribution in [0.3, 0.4) is 0 Å². The van der Waals surface area contributed by atoms with E-state index in [0.717, 1.165) is 9.35 Å². The van der Waals surface area contributed by atoms with Gasteiger partial charge < -0.3 is 5.32 Å². The summed E-state index contributed by atoms with van der Waals surface area (Å²) in [6.45, 7) is 0.995. The first-order chi connectivity index (χ1) is 10.0. The highest BCUT2D eigenvalue weighted by Crippen LogP contribution is 2.22. The highest BCUT2D eigenvalue weighted by molar-refractivity contribution is 9.10. The maximum absolute atomic E-state index is 12.2. The van der Waals surface area contributed by atoms with Crippen LogP contribution in [0.4, 0.5) is 0 Å². The zero-order chi connectivity index (χ0) is 15.3. The Morgan fingerprint density at radius 1 is 1.33 bits per heavy atom. The number of sulfone groups is 1. The van der Waals surface area contributed by atoms with Crippen LogP contribution in [-0.2, 0) is 16.4 Å². The molecule has 110 valence electrons. The fourth-order valence-corrected chi connectivity index (χ4v) is 4.44. The molecule has 0 saturated heterocycles. The summed E-state index contributed by atoms with van der Waals surface area (Å²) in [5.41, 5.74) is 0.353. The van der Waals surface area contributed by atoms with Gasteiger partial charge in [0, 0.05) is 22.4 Å². The first kappa shape index (κ1) is 16.2. The predicted molar refractivity (Wildman–Crippen MR) is 86.9 cm³/mol. The smallest absolute Gasteiger partial charge is 0.179 e. The molecule has 0 bridgehead atoms. The SMILES string of the molecule is N#Cc1cccc(S(=O)(=O)CCNCc2sccc2Br)c1. The largest absolute Gasteiger partial charge is 0.311 e. The highest BCUT2D eigenvalue weighted by atomic mass is 79.9. The van der Waals surface area contributed by atoms with Gasteiger partial charge >= 0.3 is 0 Å². The number of hydrogen-bond acceptors (Lipinski definition) is 5. The third-order valence-corrected chi connectivity index (χ3v) is 6.49. The number of nitriles is 1. The Hall–Kier alpha value is -1.20. The van der Waals surface area contributed by atoms with Crippen LogP contribution in [0.25, 0.3) is 0 Å². The van der Waals surface area contributed by atoms with Gasteiger partial charge in [-0.25, -0.2) is 8.42 Å². The molecule has 7 heteroatoms. The van der Waals surface area contributed by atoms with Crippen LogP contribution in [0.2, 0.25) is 0 Å². The summed E-state index contributed by atoms with van der Waals surface area (Å²) >= 11 is 5.05. The van der Waals surface area contributed by atoms with Crippen LogP contribution in [0.5, 0.6) is 0 Å². The summed E-state index contributed by atoms with van der Waals surface area (Å²) < 4.78 is 25.4. The summed E-state index contributed by atoms with van der Waals surface area (Å²) in [5, 5.41) is 13.9. The van der Waals surface area contributed by atoms with Crippen molar-refractivity contribution >= 4 is 37.1 Å². The average molecular weight is 385 g/mol. The van der Waals surface area contributed by atoms with Crippen LogP contribution in [0.1, 0.15) is 10.4 Å². The Morgan fingerprint density at radius 3 is 2.81 bits per heavy atom. The third kappa shape index (κ3) is 4.38. The van der Waals surface area contributed by atoms with E-state index in [1.807, 2.05) is 17.5 Å². The van der Waals surface area contributed by atoms with Crippen molar-refractivity contribution < 1.29 is 8.42 Å². The quantitative estimate of drug-likeness (QED) is 0.777. The van der Waals surface area contributed by atoms with Crippen LogP contribution in [0, 0.1) is 11.3 Å². The lowest BCUT2D eigenvalue weighted by Gasteiger charge is -2.06. The van der Waals surface area contributed by atoms with E-state index in [2.05, 4.69) is 21.2 Å². The van der Waals surface area contributed by atoms with Gasteiger partial charge in [0.05, 0.1) is 22.3 Å². The molecule has 0 aliphatic rings. The van der Waals surface area contributed by atoms with Crippen LogP contribution >= 0.6 is 27.3 Å². The summed E-state index contributed by atoms with van der Waals surface area (Å²) in [7, 11) is -3.37. The molecule has 0 aliphatic carbocycles. The van der Waals surface area contributed by atoms with Gasteiger partial charge in [0.1, 0.15) is 0 Å². The maximum Gasteiger partial charge on any atom is 0.179 e. The van der Waals surface area contributed by atoms with Crippen molar-refractivity contribution in [3.63, 3.8) is 0 Å². The molecule has 0 amide bonds. The monoisotopic (exact) mass is 384 g/mol. The molecular weight excluding hydrogens is 372 g/mol. The van der Waals surface area contributed by atoms with Crippen molar-refractivity contribution in [2.75, 3.05) is 12.3 Å². The van der Waals surface area contributed by atoms with Crippen molar-refractivity contribution in [1.29, 1.82) is 5.26 Å². The predicted octanol–water partition coefficient (Wildman–Crippen LogP) is 2.95. The first-order valence-corrected chi connectivity index (χ1v) is 9.51. The molecule has 0 atom stereocenters. The molecule has 4 nitrogen and oxygen atoms in total. The van der Waals surface area contributed by atoms with Gasteiger partial charge in [0.15, 0.2) is 9.84 Å². The molecule has 1 N–H and O–H groups in total. The molecule has 0 fully saturated rings. The third-order valence-electron chi connectivity index (χ3n) is 2.85. The number of thiophene rings is 1. The van der Waals surface area contributed by atoms with E-state index in [1.54, 1.807) is 23.5 Å². The van der Waals surface area contributed by atoms with E-state index in [9.17, 15) is 8.42 Å². The average Bonchev–Trinajstić information content (AvgIpc) is 2.89. The molecule has 1 aromatic carbocycles. The first-order valence-electron chi connectivity index (χ1n) is 6.18. The molecule has 1 aromatic heterocycles. The topological polar surface area (TPSA) is 70.0 Å². The van der Waals surface area contributed by atoms with Gasteiger partial charge in [-0.3, -0.25) is 0 Å².